The summed E-state index contributed by atoms with van der Waals surface area (Å²) in [5.74, 6) is 1.65. The Morgan fingerprint density at radius 2 is 1.88 bits per heavy atom. The third-order valence-electron chi connectivity index (χ3n) is 2.19. The number of benzene rings is 1. The van der Waals surface area contributed by atoms with Crippen LogP contribution in [0.4, 0.5) is 0 Å². The molecule has 1 aromatic carbocycles. The lowest BCUT2D eigenvalue weighted by Crippen LogP contribution is -2.18. The third-order valence-corrected chi connectivity index (χ3v) is 2.19. The Bertz CT molecular complexity index is 324. The van der Waals surface area contributed by atoms with Gasteiger partial charge in [-0.1, -0.05) is 12.1 Å². The zero-order valence-corrected chi connectivity index (χ0v) is 10.3. The molecule has 1 atom stereocenters. The van der Waals surface area contributed by atoms with Crippen molar-refractivity contribution >= 4 is 0 Å². The molecule has 3 nitrogen and oxygen atoms in total. The van der Waals surface area contributed by atoms with E-state index in [0.29, 0.717) is 13.2 Å². The van der Waals surface area contributed by atoms with Crippen LogP contribution in [0.5, 0.6) is 11.5 Å². The number of hydrogen-bond donors (Lipinski definition) is 1. The third kappa shape index (κ3) is 3.42. The van der Waals surface area contributed by atoms with Crippen LogP contribution in [0.2, 0.25) is 0 Å². The number of para-hydroxylation sites is 1. The van der Waals surface area contributed by atoms with Gasteiger partial charge in [0, 0.05) is 6.04 Å². The van der Waals surface area contributed by atoms with Crippen LogP contribution in [0.15, 0.2) is 18.2 Å². The lowest BCUT2D eigenvalue weighted by molar-refractivity contribution is 0.285. The van der Waals surface area contributed by atoms with Crippen molar-refractivity contribution in [3.63, 3.8) is 0 Å². The van der Waals surface area contributed by atoms with Crippen molar-refractivity contribution < 1.29 is 9.47 Å². The molecule has 0 bridgehead atoms. The minimum Gasteiger partial charge on any atom is -0.490 e. The van der Waals surface area contributed by atoms with Gasteiger partial charge in [0.25, 0.3) is 0 Å². The molecule has 0 fully saturated rings. The van der Waals surface area contributed by atoms with Crippen LogP contribution in [-0.4, -0.2) is 19.3 Å². The Balaban J connectivity index is 3.00. The van der Waals surface area contributed by atoms with E-state index in [1.807, 2.05) is 39.0 Å². The normalized spacial score (nSPS) is 12.2. The molecule has 0 aliphatic rings. The summed E-state index contributed by atoms with van der Waals surface area (Å²) >= 11 is 0. The van der Waals surface area contributed by atoms with E-state index in [2.05, 4.69) is 0 Å². The highest BCUT2D eigenvalue weighted by Gasteiger charge is 2.11. The number of hydrogen-bond acceptors (Lipinski definition) is 3. The molecule has 0 amide bonds. The quantitative estimate of drug-likeness (QED) is 0.805. The Labute approximate surface area is 97.6 Å². The fourth-order valence-electron chi connectivity index (χ4n) is 1.65. The Morgan fingerprint density at radius 1 is 1.19 bits per heavy atom. The topological polar surface area (TPSA) is 44.5 Å². The van der Waals surface area contributed by atoms with Gasteiger partial charge >= 0.3 is 0 Å². The second-order valence-corrected chi connectivity index (χ2v) is 3.79. The highest BCUT2D eigenvalue weighted by atomic mass is 16.5. The van der Waals surface area contributed by atoms with E-state index in [-0.39, 0.29) is 6.04 Å². The van der Waals surface area contributed by atoms with Crippen LogP contribution in [0, 0.1) is 0 Å². The highest BCUT2D eigenvalue weighted by molar-refractivity contribution is 5.47. The minimum absolute atomic E-state index is 0.121. The first kappa shape index (κ1) is 12.8. The first-order valence-corrected chi connectivity index (χ1v) is 5.82. The largest absolute Gasteiger partial charge is 0.490 e. The Hall–Kier alpha value is -1.22. The van der Waals surface area contributed by atoms with Crippen LogP contribution >= 0.6 is 0 Å². The second kappa shape index (κ2) is 6.38. The van der Waals surface area contributed by atoms with Gasteiger partial charge in [0.1, 0.15) is 0 Å². The van der Waals surface area contributed by atoms with E-state index in [0.717, 1.165) is 23.5 Å². The molecular formula is C13H21NO2. The molecule has 0 aromatic heterocycles. The minimum atomic E-state index is 0.121. The summed E-state index contributed by atoms with van der Waals surface area (Å²) in [7, 11) is 0. The Morgan fingerprint density at radius 3 is 2.44 bits per heavy atom. The predicted octanol–water partition coefficient (Wildman–Crippen LogP) is 2.37. The SMILES string of the molecule is CCOc1cccc(CC(C)N)c1OCC. The van der Waals surface area contributed by atoms with Crippen molar-refractivity contribution in [1.29, 1.82) is 0 Å². The summed E-state index contributed by atoms with van der Waals surface area (Å²) < 4.78 is 11.2. The van der Waals surface area contributed by atoms with Crippen molar-refractivity contribution in [1.82, 2.24) is 0 Å². The summed E-state index contributed by atoms with van der Waals surface area (Å²) in [5, 5.41) is 0. The molecule has 16 heavy (non-hydrogen) atoms. The molecule has 0 aliphatic carbocycles. The molecular weight excluding hydrogens is 202 g/mol. The molecule has 0 radical (unpaired) electrons. The molecule has 1 aromatic rings. The number of ether oxygens (including phenoxy) is 2. The lowest BCUT2D eigenvalue weighted by atomic mass is 10.1. The van der Waals surface area contributed by atoms with Crippen LogP contribution in [0.25, 0.3) is 0 Å². The lowest BCUT2D eigenvalue weighted by Gasteiger charge is -2.16. The van der Waals surface area contributed by atoms with E-state index >= 15 is 0 Å². The molecule has 0 heterocycles. The smallest absolute Gasteiger partial charge is 0.164 e. The summed E-state index contributed by atoms with van der Waals surface area (Å²) in [6.07, 6.45) is 0.802. The van der Waals surface area contributed by atoms with Gasteiger partial charge < -0.3 is 15.2 Å². The number of rotatable bonds is 6. The maximum absolute atomic E-state index is 5.82. The van der Waals surface area contributed by atoms with Gasteiger partial charge in [-0.05, 0) is 38.8 Å². The van der Waals surface area contributed by atoms with Gasteiger partial charge in [-0.3, -0.25) is 0 Å². The molecule has 0 saturated carbocycles. The first-order valence-electron chi connectivity index (χ1n) is 5.82. The fraction of sp³-hybridized carbons (Fsp3) is 0.538. The molecule has 1 unspecified atom stereocenters. The van der Waals surface area contributed by atoms with Gasteiger partial charge in [0.05, 0.1) is 13.2 Å². The van der Waals surface area contributed by atoms with E-state index in [4.69, 9.17) is 15.2 Å². The zero-order chi connectivity index (χ0) is 12.0. The summed E-state index contributed by atoms with van der Waals surface area (Å²) in [6, 6.07) is 6.07. The summed E-state index contributed by atoms with van der Waals surface area (Å²) in [6.45, 7) is 7.20. The van der Waals surface area contributed by atoms with Crippen LogP contribution in [-0.2, 0) is 6.42 Å². The maximum atomic E-state index is 5.82. The van der Waals surface area contributed by atoms with E-state index in [1.54, 1.807) is 0 Å². The van der Waals surface area contributed by atoms with Crippen molar-refractivity contribution in [3.8, 4) is 11.5 Å². The Kier molecular flexibility index (Phi) is 5.12. The van der Waals surface area contributed by atoms with Gasteiger partial charge in [0.2, 0.25) is 0 Å². The van der Waals surface area contributed by atoms with Crippen LogP contribution in [0.3, 0.4) is 0 Å². The average Bonchev–Trinajstić information content (AvgIpc) is 2.22. The molecule has 3 heteroatoms. The van der Waals surface area contributed by atoms with Gasteiger partial charge in [-0.25, -0.2) is 0 Å². The van der Waals surface area contributed by atoms with Crippen molar-refractivity contribution in [2.45, 2.75) is 33.2 Å². The van der Waals surface area contributed by atoms with Gasteiger partial charge in [0.15, 0.2) is 11.5 Å². The summed E-state index contributed by atoms with van der Waals surface area (Å²) in [4.78, 5) is 0. The molecule has 0 aliphatic heterocycles. The zero-order valence-electron chi connectivity index (χ0n) is 10.3. The van der Waals surface area contributed by atoms with Crippen LogP contribution in [0.1, 0.15) is 26.3 Å². The highest BCUT2D eigenvalue weighted by Crippen LogP contribution is 2.32. The van der Waals surface area contributed by atoms with Crippen molar-refractivity contribution in [2.75, 3.05) is 13.2 Å². The first-order chi connectivity index (χ1) is 7.69. The molecule has 2 N–H and O–H groups in total. The molecule has 0 saturated heterocycles. The van der Waals surface area contributed by atoms with Gasteiger partial charge in [-0.15, -0.1) is 0 Å². The van der Waals surface area contributed by atoms with Crippen molar-refractivity contribution in [3.05, 3.63) is 23.8 Å². The molecule has 1 rings (SSSR count). The standard InChI is InChI=1S/C13H21NO2/c1-4-15-12-8-6-7-11(9-10(3)14)13(12)16-5-2/h6-8,10H,4-5,9,14H2,1-3H3. The number of nitrogens with two attached hydrogens (primary N) is 1. The molecule has 0 spiro atoms. The predicted molar refractivity (Wildman–Crippen MR) is 66.1 cm³/mol. The summed E-state index contributed by atoms with van der Waals surface area (Å²) in [5.41, 5.74) is 6.93. The van der Waals surface area contributed by atoms with E-state index in [9.17, 15) is 0 Å². The van der Waals surface area contributed by atoms with Crippen LogP contribution < -0.4 is 15.2 Å². The van der Waals surface area contributed by atoms with E-state index < -0.39 is 0 Å². The average molecular weight is 223 g/mol. The van der Waals surface area contributed by atoms with E-state index in [1.165, 1.54) is 0 Å². The second-order valence-electron chi connectivity index (χ2n) is 3.79. The maximum Gasteiger partial charge on any atom is 0.164 e. The van der Waals surface area contributed by atoms with Gasteiger partial charge in [-0.2, -0.15) is 0 Å². The molecule has 90 valence electrons. The monoisotopic (exact) mass is 223 g/mol. The fourth-order valence-corrected chi connectivity index (χ4v) is 1.65. The van der Waals surface area contributed by atoms with Crippen molar-refractivity contribution in [2.24, 2.45) is 5.73 Å².